The maximum Gasteiger partial charge on any atom is 0.151 e. The van der Waals surface area contributed by atoms with E-state index in [1.165, 1.54) is 0 Å². The van der Waals surface area contributed by atoms with Crippen molar-refractivity contribution < 1.29 is 13.2 Å². The average Bonchev–Trinajstić information content (AvgIpc) is 2.45. The van der Waals surface area contributed by atoms with Gasteiger partial charge in [-0.2, -0.15) is 0 Å². The first kappa shape index (κ1) is 12.9. The zero-order valence-electron chi connectivity index (χ0n) is 9.75. The second-order valence-electron chi connectivity index (χ2n) is 4.77. The zero-order chi connectivity index (χ0) is 11.5. The number of hydrogen-bond acceptors (Lipinski definition) is 4. The van der Waals surface area contributed by atoms with Crippen LogP contribution < -0.4 is 5.32 Å². The fourth-order valence-corrected chi connectivity index (χ4v) is 3.34. The van der Waals surface area contributed by atoms with Crippen LogP contribution >= 0.6 is 0 Å². The maximum absolute atomic E-state index is 11.2. The Morgan fingerprint density at radius 1 is 1.47 bits per heavy atom. The lowest BCUT2D eigenvalue weighted by atomic mass is 10.1. The number of rotatable bonds is 5. The smallest absolute Gasteiger partial charge is 0.151 e. The van der Waals surface area contributed by atoms with Gasteiger partial charge in [0, 0.05) is 13.2 Å². The number of ether oxygens (including phenoxy) is 1. The molecule has 5 heteroatoms. The Hall–Kier alpha value is -0.130. The summed E-state index contributed by atoms with van der Waals surface area (Å²) in [4.78, 5) is 0. The Kier molecular flexibility index (Phi) is 4.14. The molecule has 0 aromatic rings. The van der Waals surface area contributed by atoms with Gasteiger partial charge in [-0.05, 0) is 33.2 Å². The summed E-state index contributed by atoms with van der Waals surface area (Å²) in [5, 5.41) is 3.27. The van der Waals surface area contributed by atoms with Crippen molar-refractivity contribution in [2.45, 2.75) is 38.3 Å². The van der Waals surface area contributed by atoms with E-state index in [1.807, 2.05) is 13.8 Å². The van der Waals surface area contributed by atoms with Gasteiger partial charge in [-0.3, -0.25) is 0 Å². The summed E-state index contributed by atoms with van der Waals surface area (Å²) in [5.41, 5.74) is -0.134. The number of hydrogen-bond donors (Lipinski definition) is 1. The monoisotopic (exact) mass is 235 g/mol. The molecule has 0 saturated carbocycles. The molecule has 1 unspecified atom stereocenters. The van der Waals surface area contributed by atoms with Crippen molar-refractivity contribution in [3.8, 4) is 0 Å². The second kappa shape index (κ2) is 4.80. The molecular formula is C10H21NO3S. The highest BCUT2D eigenvalue weighted by molar-refractivity contribution is 7.91. The zero-order valence-corrected chi connectivity index (χ0v) is 10.6. The highest BCUT2D eigenvalue weighted by Gasteiger charge is 2.27. The maximum atomic E-state index is 11.2. The fraction of sp³-hybridized carbons (Fsp3) is 1.00. The van der Waals surface area contributed by atoms with E-state index >= 15 is 0 Å². The molecule has 0 aliphatic carbocycles. The molecule has 15 heavy (non-hydrogen) atoms. The summed E-state index contributed by atoms with van der Waals surface area (Å²) < 4.78 is 27.7. The lowest BCUT2D eigenvalue weighted by Gasteiger charge is -2.23. The van der Waals surface area contributed by atoms with Crippen LogP contribution in [0.1, 0.15) is 26.7 Å². The average molecular weight is 235 g/mol. The summed E-state index contributed by atoms with van der Waals surface area (Å²) in [6, 6.07) is 0.141. The Labute approximate surface area is 92.3 Å². The molecule has 1 heterocycles. The number of sulfone groups is 1. The summed E-state index contributed by atoms with van der Waals surface area (Å²) >= 11 is 0. The Bertz CT molecular complexity index is 298. The van der Waals surface area contributed by atoms with E-state index in [4.69, 9.17) is 4.74 Å². The van der Waals surface area contributed by atoms with Crippen molar-refractivity contribution in [2.75, 3.05) is 25.2 Å². The van der Waals surface area contributed by atoms with Gasteiger partial charge in [0.15, 0.2) is 9.84 Å². The van der Waals surface area contributed by atoms with Crippen LogP contribution in [0.3, 0.4) is 0 Å². The molecule has 1 rings (SSSR count). The van der Waals surface area contributed by atoms with Crippen molar-refractivity contribution >= 4 is 9.84 Å². The van der Waals surface area contributed by atoms with Crippen LogP contribution in [0.2, 0.25) is 0 Å². The van der Waals surface area contributed by atoms with E-state index in [9.17, 15) is 8.42 Å². The molecule has 0 radical (unpaired) electrons. The van der Waals surface area contributed by atoms with Gasteiger partial charge in [-0.15, -0.1) is 0 Å². The van der Waals surface area contributed by atoms with Crippen LogP contribution in [-0.2, 0) is 14.6 Å². The van der Waals surface area contributed by atoms with E-state index in [2.05, 4.69) is 5.32 Å². The summed E-state index contributed by atoms with van der Waals surface area (Å²) in [7, 11) is -1.07. The number of methoxy groups -OCH3 is 1. The molecule has 1 fully saturated rings. The summed E-state index contributed by atoms with van der Waals surface area (Å²) in [6.45, 7) is 4.86. The van der Waals surface area contributed by atoms with E-state index in [-0.39, 0.29) is 11.6 Å². The molecule has 1 saturated heterocycles. The molecule has 0 amide bonds. The Balaban J connectivity index is 2.23. The van der Waals surface area contributed by atoms with E-state index in [0.29, 0.717) is 11.5 Å². The lowest BCUT2D eigenvalue weighted by molar-refractivity contribution is 0.0155. The van der Waals surface area contributed by atoms with Crippen molar-refractivity contribution in [1.82, 2.24) is 5.32 Å². The topological polar surface area (TPSA) is 55.4 Å². The van der Waals surface area contributed by atoms with E-state index < -0.39 is 9.84 Å². The minimum Gasteiger partial charge on any atom is -0.379 e. The molecule has 4 nitrogen and oxygen atoms in total. The van der Waals surface area contributed by atoms with Crippen LogP contribution in [0, 0.1) is 0 Å². The minimum atomic E-state index is -2.76. The van der Waals surface area contributed by atoms with Crippen LogP contribution in [0.25, 0.3) is 0 Å². The molecular weight excluding hydrogens is 214 g/mol. The molecule has 1 atom stereocenters. The van der Waals surface area contributed by atoms with Gasteiger partial charge in [-0.25, -0.2) is 8.42 Å². The minimum absolute atomic E-state index is 0.134. The molecule has 0 aromatic carbocycles. The van der Waals surface area contributed by atoms with Gasteiger partial charge in [0.25, 0.3) is 0 Å². The van der Waals surface area contributed by atoms with E-state index in [0.717, 1.165) is 19.4 Å². The second-order valence-corrected chi connectivity index (χ2v) is 7.00. The highest BCUT2D eigenvalue weighted by Crippen LogP contribution is 2.14. The molecule has 90 valence electrons. The van der Waals surface area contributed by atoms with Gasteiger partial charge in [-0.1, -0.05) is 0 Å². The van der Waals surface area contributed by atoms with Gasteiger partial charge in [0.1, 0.15) is 0 Å². The van der Waals surface area contributed by atoms with Crippen LogP contribution in [0.5, 0.6) is 0 Å². The van der Waals surface area contributed by atoms with Crippen molar-refractivity contribution in [2.24, 2.45) is 0 Å². The van der Waals surface area contributed by atoms with Gasteiger partial charge >= 0.3 is 0 Å². The molecule has 0 aromatic heterocycles. The normalized spacial score (nSPS) is 25.7. The standard InChI is InChI=1S/C10H21NO3S/c1-10(2,14-3)5-6-11-9-4-7-15(12,13)8-9/h9,11H,4-8H2,1-3H3. The van der Waals surface area contributed by atoms with Crippen LogP contribution in [-0.4, -0.2) is 45.2 Å². The molecule has 0 bridgehead atoms. The van der Waals surface area contributed by atoms with Gasteiger partial charge in [0.05, 0.1) is 17.1 Å². The van der Waals surface area contributed by atoms with Gasteiger partial charge < -0.3 is 10.1 Å². The first-order chi connectivity index (χ1) is 6.85. The highest BCUT2D eigenvalue weighted by atomic mass is 32.2. The molecule has 1 N–H and O–H groups in total. The SMILES string of the molecule is COC(C)(C)CCNC1CCS(=O)(=O)C1. The Morgan fingerprint density at radius 2 is 2.13 bits per heavy atom. The predicted molar refractivity (Wildman–Crippen MR) is 60.8 cm³/mol. The summed E-state index contributed by atoms with van der Waals surface area (Å²) in [5.74, 6) is 0.624. The van der Waals surface area contributed by atoms with Crippen molar-refractivity contribution in [3.05, 3.63) is 0 Å². The summed E-state index contributed by atoms with van der Waals surface area (Å²) in [6.07, 6.45) is 1.63. The lowest BCUT2D eigenvalue weighted by Crippen LogP contribution is -2.35. The van der Waals surface area contributed by atoms with Gasteiger partial charge in [0.2, 0.25) is 0 Å². The third-order valence-electron chi connectivity index (χ3n) is 2.95. The van der Waals surface area contributed by atoms with Crippen molar-refractivity contribution in [3.63, 3.8) is 0 Å². The molecule has 1 aliphatic rings. The first-order valence-corrected chi connectivity index (χ1v) is 7.16. The molecule has 1 aliphatic heterocycles. The van der Waals surface area contributed by atoms with Crippen LogP contribution in [0.15, 0.2) is 0 Å². The predicted octanol–water partition coefficient (Wildman–Crippen LogP) is 0.578. The first-order valence-electron chi connectivity index (χ1n) is 5.34. The van der Waals surface area contributed by atoms with Crippen LogP contribution in [0.4, 0.5) is 0 Å². The third kappa shape index (κ3) is 4.49. The number of nitrogens with one attached hydrogen (secondary N) is 1. The third-order valence-corrected chi connectivity index (χ3v) is 4.71. The molecule has 0 spiro atoms. The fourth-order valence-electron chi connectivity index (χ4n) is 1.64. The van der Waals surface area contributed by atoms with Crippen molar-refractivity contribution in [1.29, 1.82) is 0 Å². The Morgan fingerprint density at radius 3 is 2.60 bits per heavy atom. The largest absolute Gasteiger partial charge is 0.379 e. The quantitative estimate of drug-likeness (QED) is 0.757. The van der Waals surface area contributed by atoms with E-state index in [1.54, 1.807) is 7.11 Å².